The Balaban J connectivity index is 1.69. The number of hydrogen-bond acceptors (Lipinski definition) is 4. The number of pyridine rings is 1. The molecular formula is C26H26FN3O3. The molecule has 1 aliphatic heterocycles. The summed E-state index contributed by atoms with van der Waals surface area (Å²) in [5, 5.41) is 2.88. The number of amides is 2. The SMILES string of the molecule is O=C(NCc1ccccc1)[C@H](c1ccccc1F)N(C[C@@H]1CCCO1)C(=O)c1ccccn1. The Morgan fingerprint density at radius 1 is 1.06 bits per heavy atom. The van der Waals surface area contributed by atoms with Gasteiger partial charge in [0.2, 0.25) is 5.91 Å². The fourth-order valence-electron chi connectivity index (χ4n) is 3.98. The number of aromatic nitrogens is 1. The van der Waals surface area contributed by atoms with E-state index in [-0.39, 0.29) is 30.5 Å². The van der Waals surface area contributed by atoms with E-state index in [1.54, 1.807) is 30.3 Å². The van der Waals surface area contributed by atoms with Crippen molar-refractivity contribution in [2.45, 2.75) is 31.5 Å². The van der Waals surface area contributed by atoms with Crippen LogP contribution in [0.1, 0.15) is 40.5 Å². The summed E-state index contributed by atoms with van der Waals surface area (Å²) in [6.07, 6.45) is 2.93. The molecule has 1 N–H and O–H groups in total. The molecule has 0 spiro atoms. The minimum Gasteiger partial charge on any atom is -0.376 e. The van der Waals surface area contributed by atoms with Gasteiger partial charge in [-0.3, -0.25) is 14.6 Å². The summed E-state index contributed by atoms with van der Waals surface area (Å²) in [5.74, 6) is -1.47. The van der Waals surface area contributed by atoms with Crippen molar-refractivity contribution in [1.82, 2.24) is 15.2 Å². The van der Waals surface area contributed by atoms with E-state index in [0.717, 1.165) is 18.4 Å². The van der Waals surface area contributed by atoms with Crippen LogP contribution in [0.3, 0.4) is 0 Å². The van der Waals surface area contributed by atoms with Gasteiger partial charge in [0.1, 0.15) is 17.6 Å². The van der Waals surface area contributed by atoms with Crippen molar-refractivity contribution in [2.75, 3.05) is 13.2 Å². The Bertz CT molecular complexity index is 1070. The second kappa shape index (κ2) is 10.8. The summed E-state index contributed by atoms with van der Waals surface area (Å²) in [4.78, 5) is 32.6. The molecule has 6 nitrogen and oxygen atoms in total. The molecule has 3 aromatic rings. The highest BCUT2D eigenvalue weighted by Gasteiger charge is 2.36. The first-order valence-corrected chi connectivity index (χ1v) is 11.0. The molecule has 170 valence electrons. The Labute approximate surface area is 192 Å². The van der Waals surface area contributed by atoms with Crippen molar-refractivity contribution in [2.24, 2.45) is 0 Å². The number of carbonyl (C=O) groups excluding carboxylic acids is 2. The number of ether oxygens (including phenoxy) is 1. The van der Waals surface area contributed by atoms with E-state index in [2.05, 4.69) is 10.3 Å². The molecule has 33 heavy (non-hydrogen) atoms. The molecular weight excluding hydrogens is 421 g/mol. The van der Waals surface area contributed by atoms with E-state index >= 15 is 0 Å². The molecule has 0 bridgehead atoms. The molecule has 2 atom stereocenters. The quantitative estimate of drug-likeness (QED) is 0.569. The fraction of sp³-hybridized carbons (Fsp3) is 0.269. The molecule has 2 amide bonds. The average Bonchev–Trinajstić information content (AvgIpc) is 3.37. The molecule has 7 heteroatoms. The number of nitrogens with zero attached hydrogens (tertiary/aromatic N) is 2. The van der Waals surface area contributed by atoms with E-state index in [1.165, 1.54) is 23.2 Å². The van der Waals surface area contributed by atoms with Crippen LogP contribution in [0.2, 0.25) is 0 Å². The van der Waals surface area contributed by atoms with Gasteiger partial charge in [0.15, 0.2) is 0 Å². The lowest BCUT2D eigenvalue weighted by Gasteiger charge is -2.33. The first-order chi connectivity index (χ1) is 16.1. The van der Waals surface area contributed by atoms with E-state index < -0.39 is 23.7 Å². The first-order valence-electron chi connectivity index (χ1n) is 11.0. The average molecular weight is 448 g/mol. The van der Waals surface area contributed by atoms with E-state index in [1.807, 2.05) is 30.3 Å². The van der Waals surface area contributed by atoms with Gasteiger partial charge < -0.3 is 15.0 Å². The van der Waals surface area contributed by atoms with E-state index in [0.29, 0.717) is 6.61 Å². The molecule has 2 heterocycles. The molecule has 1 fully saturated rings. The van der Waals surface area contributed by atoms with Crippen LogP contribution in [0.5, 0.6) is 0 Å². The van der Waals surface area contributed by atoms with Gasteiger partial charge in [-0.05, 0) is 36.6 Å². The van der Waals surface area contributed by atoms with Crippen molar-refractivity contribution in [3.8, 4) is 0 Å². The molecule has 0 radical (unpaired) electrons. The topological polar surface area (TPSA) is 71.5 Å². The lowest BCUT2D eigenvalue weighted by molar-refractivity contribution is -0.126. The zero-order valence-electron chi connectivity index (χ0n) is 18.2. The Morgan fingerprint density at radius 3 is 2.52 bits per heavy atom. The Kier molecular flexibility index (Phi) is 7.42. The highest BCUT2D eigenvalue weighted by atomic mass is 19.1. The summed E-state index contributed by atoms with van der Waals surface area (Å²) < 4.78 is 20.7. The maximum atomic E-state index is 14.9. The Hall–Kier alpha value is -3.58. The number of hydrogen-bond donors (Lipinski definition) is 1. The van der Waals surface area contributed by atoms with Crippen LogP contribution in [0.25, 0.3) is 0 Å². The minimum absolute atomic E-state index is 0.130. The van der Waals surface area contributed by atoms with E-state index in [9.17, 15) is 14.0 Å². The van der Waals surface area contributed by atoms with Crippen LogP contribution in [0.15, 0.2) is 79.0 Å². The molecule has 0 saturated carbocycles. The van der Waals surface area contributed by atoms with Crippen LogP contribution in [0.4, 0.5) is 4.39 Å². The van der Waals surface area contributed by atoms with Gasteiger partial charge in [-0.15, -0.1) is 0 Å². The van der Waals surface area contributed by atoms with Crippen LogP contribution in [0, 0.1) is 5.82 Å². The van der Waals surface area contributed by atoms with E-state index in [4.69, 9.17) is 4.74 Å². The maximum absolute atomic E-state index is 14.9. The number of benzene rings is 2. The number of halogens is 1. The summed E-state index contributed by atoms with van der Waals surface area (Å²) >= 11 is 0. The van der Waals surface area contributed by atoms with Crippen molar-refractivity contribution in [3.63, 3.8) is 0 Å². The molecule has 0 aliphatic carbocycles. The van der Waals surface area contributed by atoms with Gasteiger partial charge in [-0.1, -0.05) is 54.6 Å². The van der Waals surface area contributed by atoms with Crippen molar-refractivity contribution in [3.05, 3.63) is 102 Å². The number of nitrogens with one attached hydrogen (secondary N) is 1. The molecule has 1 aromatic heterocycles. The largest absolute Gasteiger partial charge is 0.376 e. The van der Waals surface area contributed by atoms with Crippen LogP contribution < -0.4 is 5.32 Å². The standard InChI is InChI=1S/C26H26FN3O3/c27-22-13-5-4-12-21(22)24(25(31)29-17-19-9-2-1-3-10-19)30(18-20-11-8-16-33-20)26(32)23-14-6-7-15-28-23/h1-7,9-10,12-15,20,24H,8,11,16-18H2,(H,29,31)/t20-,24-/m0/s1. The third-order valence-corrected chi connectivity index (χ3v) is 5.64. The lowest BCUT2D eigenvalue weighted by Crippen LogP contribution is -2.47. The zero-order chi connectivity index (χ0) is 23.0. The predicted molar refractivity (Wildman–Crippen MR) is 122 cm³/mol. The van der Waals surface area contributed by atoms with Gasteiger partial charge in [-0.25, -0.2) is 4.39 Å². The lowest BCUT2D eigenvalue weighted by atomic mass is 10.0. The highest BCUT2D eigenvalue weighted by Crippen LogP contribution is 2.28. The maximum Gasteiger partial charge on any atom is 0.273 e. The second-order valence-electron chi connectivity index (χ2n) is 7.93. The van der Waals surface area contributed by atoms with Gasteiger partial charge in [0, 0.05) is 31.5 Å². The molecule has 0 unspecified atom stereocenters. The van der Waals surface area contributed by atoms with Crippen LogP contribution >= 0.6 is 0 Å². The highest BCUT2D eigenvalue weighted by molar-refractivity contribution is 5.96. The normalized spacial score (nSPS) is 16.2. The van der Waals surface area contributed by atoms with Gasteiger partial charge in [0.25, 0.3) is 5.91 Å². The number of carbonyl (C=O) groups is 2. The van der Waals surface area contributed by atoms with Gasteiger partial charge in [0.05, 0.1) is 6.10 Å². The van der Waals surface area contributed by atoms with Gasteiger partial charge in [-0.2, -0.15) is 0 Å². The van der Waals surface area contributed by atoms with Gasteiger partial charge >= 0.3 is 0 Å². The third-order valence-electron chi connectivity index (χ3n) is 5.64. The molecule has 1 saturated heterocycles. The molecule has 2 aromatic carbocycles. The minimum atomic E-state index is -1.17. The van der Waals surface area contributed by atoms with Crippen molar-refractivity contribution >= 4 is 11.8 Å². The Morgan fingerprint density at radius 2 is 1.82 bits per heavy atom. The zero-order valence-corrected chi connectivity index (χ0v) is 18.2. The van der Waals surface area contributed by atoms with Crippen molar-refractivity contribution in [1.29, 1.82) is 0 Å². The second-order valence-corrected chi connectivity index (χ2v) is 7.93. The van der Waals surface area contributed by atoms with Crippen molar-refractivity contribution < 1.29 is 18.7 Å². The third kappa shape index (κ3) is 5.62. The van der Waals surface area contributed by atoms with Crippen LogP contribution in [-0.2, 0) is 16.1 Å². The number of rotatable bonds is 8. The molecule has 4 rings (SSSR count). The predicted octanol–water partition coefficient (Wildman–Crippen LogP) is 3.90. The summed E-state index contributed by atoms with van der Waals surface area (Å²) in [5.41, 5.74) is 1.22. The van der Waals surface area contributed by atoms with Crippen LogP contribution in [-0.4, -0.2) is 41.0 Å². The monoisotopic (exact) mass is 447 g/mol. The summed E-state index contributed by atoms with van der Waals surface area (Å²) in [6, 6.07) is 19.3. The fourth-order valence-corrected chi connectivity index (χ4v) is 3.98. The molecule has 1 aliphatic rings. The summed E-state index contributed by atoms with van der Waals surface area (Å²) in [6.45, 7) is 1.02. The smallest absolute Gasteiger partial charge is 0.273 e. The first kappa shape index (κ1) is 22.6. The summed E-state index contributed by atoms with van der Waals surface area (Å²) in [7, 11) is 0.